The van der Waals surface area contributed by atoms with Crippen molar-refractivity contribution in [1.29, 1.82) is 0 Å². The number of thiophene rings is 1. The van der Waals surface area contributed by atoms with Gasteiger partial charge in [0.05, 0.1) is 19.1 Å². The second-order valence-electron chi connectivity index (χ2n) is 3.95. The lowest BCUT2D eigenvalue weighted by Crippen LogP contribution is -2.11. The van der Waals surface area contributed by atoms with Crippen LogP contribution >= 0.6 is 11.3 Å². The highest BCUT2D eigenvalue weighted by atomic mass is 32.1. The molecule has 0 fully saturated rings. The molecule has 1 aromatic carbocycles. The van der Waals surface area contributed by atoms with E-state index in [2.05, 4.69) is 5.32 Å². The van der Waals surface area contributed by atoms with E-state index in [1.807, 2.05) is 24.4 Å². The van der Waals surface area contributed by atoms with E-state index in [-0.39, 0.29) is 5.91 Å². The molecule has 0 aliphatic carbocycles. The number of ether oxygens (including phenoxy) is 2. The van der Waals surface area contributed by atoms with Gasteiger partial charge in [-0.05, 0) is 30.0 Å². The monoisotopic (exact) mass is 277 g/mol. The molecule has 2 aromatic rings. The molecule has 0 saturated heterocycles. The number of methoxy groups -OCH3 is 2. The Kier molecular flexibility index (Phi) is 4.06. The van der Waals surface area contributed by atoms with E-state index in [0.717, 1.165) is 11.3 Å². The van der Waals surface area contributed by atoms with Crippen LogP contribution in [0.5, 0.6) is 11.5 Å². The summed E-state index contributed by atoms with van der Waals surface area (Å²) in [6.07, 6.45) is 0. The van der Waals surface area contributed by atoms with Gasteiger partial charge in [-0.25, -0.2) is 0 Å². The average molecular weight is 277 g/mol. The van der Waals surface area contributed by atoms with Gasteiger partial charge in [0.25, 0.3) is 5.91 Å². The highest BCUT2D eigenvalue weighted by Crippen LogP contribution is 2.33. The Morgan fingerprint density at radius 1 is 1.21 bits per heavy atom. The van der Waals surface area contributed by atoms with E-state index in [4.69, 9.17) is 9.47 Å². The summed E-state index contributed by atoms with van der Waals surface area (Å²) in [7, 11) is 3.15. The van der Waals surface area contributed by atoms with E-state index in [1.165, 1.54) is 11.3 Å². The van der Waals surface area contributed by atoms with Crippen molar-refractivity contribution in [2.75, 3.05) is 19.5 Å². The lowest BCUT2D eigenvalue weighted by molar-refractivity contribution is 0.103. The van der Waals surface area contributed by atoms with Gasteiger partial charge in [-0.3, -0.25) is 4.79 Å². The van der Waals surface area contributed by atoms with Gasteiger partial charge in [0.15, 0.2) is 11.5 Å². The molecule has 0 radical (unpaired) electrons. The van der Waals surface area contributed by atoms with Crippen LogP contribution in [0.1, 0.15) is 15.2 Å². The largest absolute Gasteiger partial charge is 0.493 e. The number of hydrogen-bond acceptors (Lipinski definition) is 4. The number of aryl methyl sites for hydroxylation is 1. The van der Waals surface area contributed by atoms with Gasteiger partial charge in [-0.1, -0.05) is 6.07 Å². The molecule has 1 heterocycles. The SMILES string of the molecule is COc1cc(C)c(NC(=O)c2cccs2)cc1OC. The molecule has 100 valence electrons. The van der Waals surface area contributed by atoms with Crippen LogP contribution in [0.15, 0.2) is 29.6 Å². The summed E-state index contributed by atoms with van der Waals surface area (Å²) in [5.41, 5.74) is 1.64. The number of rotatable bonds is 4. The lowest BCUT2D eigenvalue weighted by Gasteiger charge is -2.13. The van der Waals surface area contributed by atoms with Crippen LogP contribution in [0.3, 0.4) is 0 Å². The second-order valence-corrected chi connectivity index (χ2v) is 4.90. The van der Waals surface area contributed by atoms with Crippen LogP contribution < -0.4 is 14.8 Å². The van der Waals surface area contributed by atoms with Gasteiger partial charge in [-0.2, -0.15) is 0 Å². The molecule has 0 saturated carbocycles. The number of carbonyl (C=O) groups is 1. The van der Waals surface area contributed by atoms with Crippen LogP contribution in [0.4, 0.5) is 5.69 Å². The highest BCUT2D eigenvalue weighted by Gasteiger charge is 2.12. The quantitative estimate of drug-likeness (QED) is 0.932. The second kappa shape index (κ2) is 5.75. The molecule has 0 bridgehead atoms. The van der Waals surface area contributed by atoms with Gasteiger partial charge in [0.1, 0.15) is 0 Å². The molecule has 0 aliphatic heterocycles. The predicted molar refractivity (Wildman–Crippen MR) is 76.6 cm³/mol. The first-order valence-electron chi connectivity index (χ1n) is 5.73. The first kappa shape index (κ1) is 13.4. The van der Waals surface area contributed by atoms with Gasteiger partial charge >= 0.3 is 0 Å². The molecule has 0 atom stereocenters. The zero-order valence-corrected chi connectivity index (χ0v) is 11.8. The van der Waals surface area contributed by atoms with Crippen LogP contribution in [0.2, 0.25) is 0 Å². The molecule has 4 nitrogen and oxygen atoms in total. The van der Waals surface area contributed by atoms with Crippen LogP contribution in [-0.2, 0) is 0 Å². The predicted octanol–water partition coefficient (Wildman–Crippen LogP) is 3.33. The Morgan fingerprint density at radius 3 is 2.47 bits per heavy atom. The molecule has 0 spiro atoms. The Balaban J connectivity index is 2.28. The molecule has 0 unspecified atom stereocenters. The fraction of sp³-hybridized carbons (Fsp3) is 0.214. The third-order valence-electron chi connectivity index (χ3n) is 2.72. The molecule has 1 amide bonds. The minimum atomic E-state index is -0.120. The summed E-state index contributed by atoms with van der Waals surface area (Å²) in [4.78, 5) is 12.7. The molecule has 0 aliphatic rings. The number of hydrogen-bond donors (Lipinski definition) is 1. The van der Waals surface area contributed by atoms with Crippen molar-refractivity contribution in [2.24, 2.45) is 0 Å². The zero-order valence-electron chi connectivity index (χ0n) is 11.0. The molecule has 1 aromatic heterocycles. The van der Waals surface area contributed by atoms with Crippen LogP contribution in [0.25, 0.3) is 0 Å². The van der Waals surface area contributed by atoms with Crippen molar-refractivity contribution < 1.29 is 14.3 Å². The molecule has 5 heteroatoms. The van der Waals surface area contributed by atoms with Crippen molar-refractivity contribution in [3.05, 3.63) is 40.1 Å². The maximum absolute atomic E-state index is 12.0. The minimum absolute atomic E-state index is 0.120. The fourth-order valence-electron chi connectivity index (χ4n) is 1.71. The number of benzene rings is 1. The Hall–Kier alpha value is -2.01. The molecular formula is C14H15NO3S. The van der Waals surface area contributed by atoms with E-state index in [1.54, 1.807) is 26.4 Å². The van der Waals surface area contributed by atoms with E-state index in [9.17, 15) is 4.79 Å². The minimum Gasteiger partial charge on any atom is -0.493 e. The van der Waals surface area contributed by atoms with Crippen LogP contribution in [-0.4, -0.2) is 20.1 Å². The number of anilines is 1. The molecule has 1 N–H and O–H groups in total. The molecule has 19 heavy (non-hydrogen) atoms. The van der Waals surface area contributed by atoms with Crippen molar-refractivity contribution in [1.82, 2.24) is 0 Å². The average Bonchev–Trinajstić information content (AvgIpc) is 2.94. The summed E-state index contributed by atoms with van der Waals surface area (Å²) in [5.74, 6) is 1.12. The summed E-state index contributed by atoms with van der Waals surface area (Å²) in [6.45, 7) is 1.91. The topological polar surface area (TPSA) is 47.6 Å². The van der Waals surface area contributed by atoms with Crippen molar-refractivity contribution in [2.45, 2.75) is 6.92 Å². The van der Waals surface area contributed by atoms with Gasteiger partial charge in [0, 0.05) is 11.8 Å². The summed E-state index contributed by atoms with van der Waals surface area (Å²) < 4.78 is 10.4. The first-order chi connectivity index (χ1) is 9.15. The third kappa shape index (κ3) is 2.88. The van der Waals surface area contributed by atoms with Gasteiger partial charge in [0.2, 0.25) is 0 Å². The summed E-state index contributed by atoms with van der Waals surface area (Å²) >= 11 is 1.41. The number of amides is 1. The maximum Gasteiger partial charge on any atom is 0.265 e. The Labute approximate surface area is 116 Å². The smallest absolute Gasteiger partial charge is 0.265 e. The third-order valence-corrected chi connectivity index (χ3v) is 3.59. The Morgan fingerprint density at radius 2 is 1.89 bits per heavy atom. The molecular weight excluding hydrogens is 262 g/mol. The van der Waals surface area contributed by atoms with E-state index < -0.39 is 0 Å². The highest BCUT2D eigenvalue weighted by molar-refractivity contribution is 7.12. The standard InChI is InChI=1S/C14H15NO3S/c1-9-7-11(17-2)12(18-3)8-10(9)15-14(16)13-5-4-6-19-13/h4-8H,1-3H3,(H,15,16). The van der Waals surface area contributed by atoms with E-state index >= 15 is 0 Å². The number of nitrogens with one attached hydrogen (secondary N) is 1. The summed E-state index contributed by atoms with van der Waals surface area (Å²) in [6, 6.07) is 7.24. The Bertz CT molecular complexity index is 579. The van der Waals surface area contributed by atoms with Crippen molar-refractivity contribution >= 4 is 22.9 Å². The lowest BCUT2D eigenvalue weighted by atomic mass is 10.1. The number of carbonyl (C=O) groups excluding carboxylic acids is 1. The first-order valence-corrected chi connectivity index (χ1v) is 6.61. The molecule has 2 rings (SSSR count). The summed E-state index contributed by atoms with van der Waals surface area (Å²) in [5, 5.41) is 4.75. The van der Waals surface area contributed by atoms with Crippen LogP contribution in [0, 0.1) is 6.92 Å². The maximum atomic E-state index is 12.0. The van der Waals surface area contributed by atoms with Crippen molar-refractivity contribution in [3.8, 4) is 11.5 Å². The fourth-order valence-corrected chi connectivity index (χ4v) is 2.33. The zero-order chi connectivity index (χ0) is 13.8. The van der Waals surface area contributed by atoms with Crippen molar-refractivity contribution in [3.63, 3.8) is 0 Å². The van der Waals surface area contributed by atoms with Gasteiger partial charge < -0.3 is 14.8 Å². The van der Waals surface area contributed by atoms with E-state index in [0.29, 0.717) is 16.4 Å². The normalized spacial score (nSPS) is 10.1. The van der Waals surface area contributed by atoms with Gasteiger partial charge in [-0.15, -0.1) is 11.3 Å².